The van der Waals surface area contributed by atoms with Crippen LogP contribution >= 0.6 is 9.24 Å². The van der Waals surface area contributed by atoms with Crippen LogP contribution in [0.1, 0.15) is 72.1 Å². The lowest BCUT2D eigenvalue weighted by Crippen LogP contribution is -2.39. The number of nitrogens with zero attached hydrogens (tertiary/aromatic N) is 6. The zero-order valence-corrected chi connectivity index (χ0v) is 28.2. The van der Waals surface area contributed by atoms with Gasteiger partial charge in [0.05, 0.1) is 5.69 Å². The lowest BCUT2D eigenvalue weighted by molar-refractivity contribution is 0.0743. The number of benzene rings is 1. The number of hydrogen-bond donors (Lipinski definition) is 2. The van der Waals surface area contributed by atoms with Crippen molar-refractivity contribution in [3.8, 4) is 0 Å². The van der Waals surface area contributed by atoms with E-state index in [2.05, 4.69) is 101 Å². The Hall–Kier alpha value is -3.81. The number of allylic oxidation sites excluding steroid dienone is 1. The van der Waals surface area contributed by atoms with Crippen molar-refractivity contribution in [2.45, 2.75) is 65.2 Å². The van der Waals surface area contributed by atoms with Crippen LogP contribution in [-0.4, -0.2) is 61.7 Å². The summed E-state index contributed by atoms with van der Waals surface area (Å²) in [5, 5.41) is 7.56. The lowest BCUT2D eigenvalue weighted by atomic mass is 10.1. The first kappa shape index (κ1) is 33.1. The molecule has 1 aliphatic heterocycles. The summed E-state index contributed by atoms with van der Waals surface area (Å²) in [6, 6.07) is 10.3. The van der Waals surface area contributed by atoms with Crippen LogP contribution in [0.3, 0.4) is 0 Å². The molecule has 0 aliphatic carbocycles. The van der Waals surface area contributed by atoms with Gasteiger partial charge >= 0.3 is 0 Å². The molecule has 0 fully saturated rings. The summed E-state index contributed by atoms with van der Waals surface area (Å²) in [6.07, 6.45) is 9.73. The maximum Gasteiger partial charge on any atom is 0.270 e. The third-order valence-electron chi connectivity index (χ3n) is 7.60. The van der Waals surface area contributed by atoms with Crippen LogP contribution in [0.25, 0.3) is 6.08 Å². The molecule has 1 aliphatic rings. The first-order valence-electron chi connectivity index (χ1n) is 15.3. The second kappa shape index (κ2) is 14.8. The molecule has 0 spiro atoms. The molecule has 0 bridgehead atoms. The van der Waals surface area contributed by atoms with Crippen molar-refractivity contribution in [1.29, 1.82) is 0 Å². The van der Waals surface area contributed by atoms with E-state index in [0.29, 0.717) is 25.2 Å². The van der Waals surface area contributed by atoms with Crippen LogP contribution in [0.5, 0.6) is 0 Å². The summed E-state index contributed by atoms with van der Waals surface area (Å²) in [7, 11) is 6.93. The normalized spacial score (nSPS) is 13.5. The Morgan fingerprint density at radius 2 is 1.91 bits per heavy atom. The van der Waals surface area contributed by atoms with E-state index in [1.165, 1.54) is 0 Å². The number of hydrazone groups is 1. The Labute approximate surface area is 264 Å². The Morgan fingerprint density at radius 3 is 2.57 bits per heavy atom. The molecule has 1 aromatic carbocycles. The van der Waals surface area contributed by atoms with Gasteiger partial charge in [-0.1, -0.05) is 51.6 Å². The van der Waals surface area contributed by atoms with Crippen LogP contribution in [-0.2, 0) is 39.4 Å². The molecule has 9 nitrogen and oxygen atoms in total. The van der Waals surface area contributed by atoms with Gasteiger partial charge in [-0.15, -0.1) is 9.24 Å². The fraction of sp³-hybridized carbons (Fsp3) is 0.412. The summed E-state index contributed by atoms with van der Waals surface area (Å²) >= 11 is 0. The van der Waals surface area contributed by atoms with E-state index in [-0.39, 0.29) is 11.1 Å². The second-order valence-electron chi connectivity index (χ2n) is 12.0. The maximum atomic E-state index is 13.5. The molecule has 1 atom stereocenters. The van der Waals surface area contributed by atoms with E-state index in [4.69, 9.17) is 9.97 Å². The molecule has 2 N–H and O–H groups in total. The molecule has 10 heteroatoms. The number of carbonyl (C=O) groups is 1. The van der Waals surface area contributed by atoms with Gasteiger partial charge < -0.3 is 14.8 Å². The smallest absolute Gasteiger partial charge is 0.270 e. The second-order valence-corrected chi connectivity index (χ2v) is 13.6. The minimum absolute atomic E-state index is 0.0482. The Morgan fingerprint density at radius 1 is 1.16 bits per heavy atom. The minimum Gasteiger partial charge on any atom is -0.343 e. The van der Waals surface area contributed by atoms with Gasteiger partial charge in [0, 0.05) is 75.4 Å². The molecule has 4 rings (SSSR count). The monoisotopic (exact) mass is 614 g/mol. The van der Waals surface area contributed by atoms with E-state index in [9.17, 15) is 4.79 Å². The molecule has 1 amide bonds. The van der Waals surface area contributed by atoms with Gasteiger partial charge in [0.15, 0.2) is 0 Å². The van der Waals surface area contributed by atoms with Crippen LogP contribution < -0.4 is 10.7 Å². The number of amides is 1. The largest absolute Gasteiger partial charge is 0.343 e. The highest BCUT2D eigenvalue weighted by atomic mass is 31.0. The average Bonchev–Trinajstić information content (AvgIpc) is 3.52. The predicted molar refractivity (Wildman–Crippen MR) is 185 cm³/mol. The number of carbonyl (C=O) groups excluding carboxylic acids is 1. The van der Waals surface area contributed by atoms with Gasteiger partial charge in [-0.3, -0.25) is 15.1 Å². The zero-order valence-electron chi connectivity index (χ0n) is 27.0. The first-order chi connectivity index (χ1) is 21.0. The third kappa shape index (κ3) is 8.42. The zero-order chi connectivity index (χ0) is 31.9. The summed E-state index contributed by atoms with van der Waals surface area (Å²) in [6.45, 7) is 15.0. The number of nitrogens with one attached hydrogen (secondary N) is 2. The summed E-state index contributed by atoms with van der Waals surface area (Å²) in [4.78, 5) is 27.5. The van der Waals surface area contributed by atoms with Gasteiger partial charge in [0.2, 0.25) is 0 Å². The quantitative estimate of drug-likeness (QED) is 0.138. The number of hydrogen-bond acceptors (Lipinski definition) is 7. The van der Waals surface area contributed by atoms with Crippen LogP contribution in [0, 0.1) is 0 Å². The lowest BCUT2D eigenvalue weighted by Gasteiger charge is -2.29. The van der Waals surface area contributed by atoms with Crippen molar-refractivity contribution >= 4 is 38.9 Å². The molecule has 3 aromatic rings. The van der Waals surface area contributed by atoms with Crippen molar-refractivity contribution in [3.05, 3.63) is 88.8 Å². The summed E-state index contributed by atoms with van der Waals surface area (Å²) < 4.78 is 2.04. The van der Waals surface area contributed by atoms with Gasteiger partial charge in [-0.2, -0.15) is 5.10 Å². The molecule has 0 saturated heterocycles. The van der Waals surface area contributed by atoms with Crippen molar-refractivity contribution in [2.24, 2.45) is 12.1 Å². The highest BCUT2D eigenvalue weighted by Crippen LogP contribution is 2.29. The summed E-state index contributed by atoms with van der Waals surface area (Å²) in [5.74, 6) is 1.68. The Bertz CT molecular complexity index is 1520. The average molecular weight is 615 g/mol. The van der Waals surface area contributed by atoms with Crippen LogP contribution in [0.4, 0.5) is 11.5 Å². The number of anilines is 2. The van der Waals surface area contributed by atoms with E-state index in [1.807, 2.05) is 35.7 Å². The molecular formula is C34H47N8OP. The number of rotatable bonds is 14. The van der Waals surface area contributed by atoms with Crippen molar-refractivity contribution in [2.75, 3.05) is 25.5 Å². The molecule has 0 saturated carbocycles. The van der Waals surface area contributed by atoms with E-state index < -0.39 is 0 Å². The maximum absolute atomic E-state index is 13.5. The van der Waals surface area contributed by atoms with Gasteiger partial charge in [-0.05, 0) is 54.9 Å². The van der Waals surface area contributed by atoms with Crippen molar-refractivity contribution < 1.29 is 4.79 Å². The molecule has 1 unspecified atom stereocenters. The van der Waals surface area contributed by atoms with Crippen molar-refractivity contribution in [1.82, 2.24) is 29.8 Å². The third-order valence-corrected chi connectivity index (χ3v) is 7.78. The van der Waals surface area contributed by atoms with Gasteiger partial charge in [0.1, 0.15) is 17.3 Å². The first-order valence-corrected chi connectivity index (χ1v) is 15.8. The Kier molecular flexibility index (Phi) is 11.1. The fourth-order valence-electron chi connectivity index (χ4n) is 5.50. The van der Waals surface area contributed by atoms with Gasteiger partial charge in [-0.25, -0.2) is 9.97 Å². The van der Waals surface area contributed by atoms with E-state index >= 15 is 0 Å². The van der Waals surface area contributed by atoms with Crippen LogP contribution in [0.15, 0.2) is 54.3 Å². The molecule has 3 heterocycles. The SMILES string of the molecule is C=CN/N=C\Cc1ccc(Nc2nc(C/C=C\c3cc(C(=O)N(CC)CC(C)(C)P)n(C)c3CC)nc3c2CN(C)C3)cc1. The number of fused-ring (bicyclic) bond motifs is 1. The standard InChI is InChI=1S/C34H47N8OP/c1-8-29-25(20-30(41(29)7)33(43)42(10-3)23-34(4,5)44)12-11-13-31-38-28-22-40(6)21-27(28)32(39-31)37-26-16-14-24(15-17-26)18-19-36-35-9-2/h9,11-12,14-17,19-20,35H,2,8,10,13,18,21-23,44H2,1,3-7H3,(H,37,38,39)/b12-11-,36-19-. The number of aromatic nitrogens is 3. The molecule has 2 aromatic heterocycles. The highest BCUT2D eigenvalue weighted by Gasteiger charge is 2.25. The topological polar surface area (TPSA) is 90.7 Å². The van der Waals surface area contributed by atoms with Gasteiger partial charge in [0.25, 0.3) is 5.91 Å². The molecule has 0 radical (unpaired) electrons. The Balaban J connectivity index is 1.52. The van der Waals surface area contributed by atoms with E-state index in [1.54, 1.807) is 6.20 Å². The fourth-order valence-corrected chi connectivity index (χ4v) is 5.72. The molecule has 234 valence electrons. The predicted octanol–water partition coefficient (Wildman–Crippen LogP) is 5.70. The van der Waals surface area contributed by atoms with E-state index in [0.717, 1.165) is 71.3 Å². The molecular weight excluding hydrogens is 567 g/mol. The highest BCUT2D eigenvalue weighted by molar-refractivity contribution is 7.18. The van der Waals surface area contributed by atoms with Crippen LogP contribution in [0.2, 0.25) is 0 Å². The summed E-state index contributed by atoms with van der Waals surface area (Å²) in [5.41, 5.74) is 9.98. The molecule has 44 heavy (non-hydrogen) atoms. The van der Waals surface area contributed by atoms with Crippen molar-refractivity contribution in [3.63, 3.8) is 0 Å². The minimum atomic E-state index is -0.0482.